The molecule has 0 heterocycles. The SMILES string of the molecule is CC1CCCC(OC(=O)[C@H](N)CS)C1. The maximum Gasteiger partial charge on any atom is 0.324 e. The normalized spacial score (nSPS) is 29.6. The molecule has 2 N–H and O–H groups in total. The zero-order valence-corrected chi connectivity index (χ0v) is 9.50. The van der Waals surface area contributed by atoms with Gasteiger partial charge < -0.3 is 10.5 Å². The molecular weight excluding hydrogens is 198 g/mol. The van der Waals surface area contributed by atoms with Gasteiger partial charge in [-0.3, -0.25) is 4.79 Å². The number of nitrogens with two attached hydrogens (primary N) is 1. The van der Waals surface area contributed by atoms with Crippen molar-refractivity contribution in [1.82, 2.24) is 0 Å². The van der Waals surface area contributed by atoms with Crippen LogP contribution in [0.2, 0.25) is 0 Å². The summed E-state index contributed by atoms with van der Waals surface area (Å²) in [5.74, 6) is 0.703. The third-order valence-electron chi connectivity index (χ3n) is 2.67. The Morgan fingerprint density at radius 1 is 1.64 bits per heavy atom. The molecule has 1 aliphatic rings. The molecule has 1 rings (SSSR count). The van der Waals surface area contributed by atoms with E-state index in [0.717, 1.165) is 19.3 Å². The molecule has 0 aromatic rings. The number of thiol groups is 1. The topological polar surface area (TPSA) is 52.3 Å². The minimum Gasteiger partial charge on any atom is -0.461 e. The number of hydrogen-bond acceptors (Lipinski definition) is 4. The fraction of sp³-hybridized carbons (Fsp3) is 0.900. The molecule has 82 valence electrons. The quantitative estimate of drug-likeness (QED) is 0.554. The predicted octanol–water partition coefficient (Wildman–Crippen LogP) is 1.37. The summed E-state index contributed by atoms with van der Waals surface area (Å²) in [7, 11) is 0. The van der Waals surface area contributed by atoms with E-state index < -0.39 is 6.04 Å². The number of esters is 1. The lowest BCUT2D eigenvalue weighted by Gasteiger charge is -2.27. The lowest BCUT2D eigenvalue weighted by atomic mass is 9.89. The Kier molecular flexibility index (Phi) is 4.75. The monoisotopic (exact) mass is 217 g/mol. The molecule has 4 heteroatoms. The van der Waals surface area contributed by atoms with Crippen LogP contribution in [0.4, 0.5) is 0 Å². The highest BCUT2D eigenvalue weighted by Gasteiger charge is 2.24. The highest BCUT2D eigenvalue weighted by atomic mass is 32.1. The molecule has 1 fully saturated rings. The highest BCUT2D eigenvalue weighted by molar-refractivity contribution is 7.80. The third kappa shape index (κ3) is 3.50. The predicted molar refractivity (Wildman–Crippen MR) is 59.3 cm³/mol. The molecule has 0 spiro atoms. The molecule has 0 bridgehead atoms. The van der Waals surface area contributed by atoms with Crippen LogP contribution in [-0.2, 0) is 9.53 Å². The second-order valence-electron chi connectivity index (χ2n) is 4.12. The van der Waals surface area contributed by atoms with Crippen LogP contribution in [0.3, 0.4) is 0 Å². The van der Waals surface area contributed by atoms with Crippen LogP contribution in [0.1, 0.15) is 32.6 Å². The molecule has 2 unspecified atom stereocenters. The van der Waals surface area contributed by atoms with Crippen LogP contribution in [0.5, 0.6) is 0 Å². The Morgan fingerprint density at radius 3 is 2.93 bits per heavy atom. The number of hydrogen-bond donors (Lipinski definition) is 2. The van der Waals surface area contributed by atoms with E-state index in [1.165, 1.54) is 6.42 Å². The number of carbonyl (C=O) groups is 1. The highest BCUT2D eigenvalue weighted by Crippen LogP contribution is 2.25. The van der Waals surface area contributed by atoms with Gasteiger partial charge in [0.15, 0.2) is 0 Å². The van der Waals surface area contributed by atoms with Crippen molar-refractivity contribution in [3.63, 3.8) is 0 Å². The van der Waals surface area contributed by atoms with Gasteiger partial charge in [-0.1, -0.05) is 13.3 Å². The minimum absolute atomic E-state index is 0.0807. The summed E-state index contributed by atoms with van der Waals surface area (Å²) in [5.41, 5.74) is 5.52. The summed E-state index contributed by atoms with van der Waals surface area (Å²) in [5, 5.41) is 0. The van der Waals surface area contributed by atoms with E-state index in [4.69, 9.17) is 10.5 Å². The van der Waals surface area contributed by atoms with Crippen molar-refractivity contribution in [2.24, 2.45) is 11.7 Å². The lowest BCUT2D eigenvalue weighted by molar-refractivity contribution is -0.152. The molecule has 1 saturated carbocycles. The zero-order chi connectivity index (χ0) is 10.6. The van der Waals surface area contributed by atoms with Gasteiger partial charge in [0, 0.05) is 5.75 Å². The summed E-state index contributed by atoms with van der Waals surface area (Å²) in [6.45, 7) is 2.19. The summed E-state index contributed by atoms with van der Waals surface area (Å²) in [4.78, 5) is 11.4. The van der Waals surface area contributed by atoms with Gasteiger partial charge in [0.25, 0.3) is 0 Å². The van der Waals surface area contributed by atoms with E-state index in [1.807, 2.05) is 0 Å². The molecule has 0 aromatic heterocycles. The summed E-state index contributed by atoms with van der Waals surface area (Å²) in [6.07, 6.45) is 4.43. The van der Waals surface area contributed by atoms with Crippen molar-refractivity contribution >= 4 is 18.6 Å². The van der Waals surface area contributed by atoms with Gasteiger partial charge in [0.05, 0.1) is 0 Å². The van der Waals surface area contributed by atoms with Gasteiger partial charge in [-0.05, 0) is 25.2 Å². The van der Waals surface area contributed by atoms with Gasteiger partial charge in [-0.15, -0.1) is 0 Å². The fourth-order valence-corrected chi connectivity index (χ4v) is 1.96. The first-order valence-corrected chi connectivity index (χ1v) is 5.83. The Balaban J connectivity index is 2.32. The zero-order valence-electron chi connectivity index (χ0n) is 8.61. The smallest absolute Gasteiger partial charge is 0.324 e. The Bertz CT molecular complexity index is 199. The Morgan fingerprint density at radius 2 is 2.36 bits per heavy atom. The van der Waals surface area contributed by atoms with Crippen molar-refractivity contribution in [3.8, 4) is 0 Å². The largest absolute Gasteiger partial charge is 0.461 e. The summed E-state index contributed by atoms with van der Waals surface area (Å²) < 4.78 is 5.30. The van der Waals surface area contributed by atoms with E-state index in [-0.39, 0.29) is 12.1 Å². The maximum absolute atomic E-state index is 11.4. The summed E-state index contributed by atoms with van der Waals surface area (Å²) >= 11 is 3.96. The van der Waals surface area contributed by atoms with Gasteiger partial charge in [-0.25, -0.2) is 0 Å². The average Bonchev–Trinajstić information content (AvgIpc) is 2.16. The lowest BCUT2D eigenvalue weighted by Crippen LogP contribution is -2.37. The standard InChI is InChI=1S/C10H19NO2S/c1-7-3-2-4-8(5-7)13-10(12)9(11)6-14/h7-9,14H,2-6,11H2,1H3/t7?,8?,9-/m1/s1. The van der Waals surface area contributed by atoms with E-state index in [0.29, 0.717) is 11.7 Å². The molecular formula is C10H19NO2S. The molecule has 1 aliphatic carbocycles. The second-order valence-corrected chi connectivity index (χ2v) is 4.48. The van der Waals surface area contributed by atoms with Crippen LogP contribution >= 0.6 is 12.6 Å². The first-order chi connectivity index (χ1) is 6.63. The maximum atomic E-state index is 11.4. The molecule has 3 atom stereocenters. The summed E-state index contributed by atoms with van der Waals surface area (Å²) in [6, 6.07) is -0.574. The van der Waals surface area contributed by atoms with Crippen LogP contribution in [0, 0.1) is 5.92 Å². The molecule has 0 radical (unpaired) electrons. The minimum atomic E-state index is -0.574. The number of ether oxygens (including phenoxy) is 1. The Labute approximate surface area is 90.8 Å². The number of carbonyl (C=O) groups excluding carboxylic acids is 1. The first-order valence-electron chi connectivity index (χ1n) is 5.20. The second kappa shape index (κ2) is 5.61. The van der Waals surface area contributed by atoms with Crippen molar-refractivity contribution < 1.29 is 9.53 Å². The van der Waals surface area contributed by atoms with Gasteiger partial charge >= 0.3 is 5.97 Å². The third-order valence-corrected chi connectivity index (χ3v) is 3.06. The van der Waals surface area contributed by atoms with Crippen LogP contribution in [0.25, 0.3) is 0 Å². The van der Waals surface area contributed by atoms with Crippen molar-refractivity contribution in [2.75, 3.05) is 5.75 Å². The van der Waals surface area contributed by atoms with Gasteiger partial charge in [0.2, 0.25) is 0 Å². The van der Waals surface area contributed by atoms with E-state index in [9.17, 15) is 4.79 Å². The van der Waals surface area contributed by atoms with Gasteiger partial charge in [0.1, 0.15) is 12.1 Å². The molecule has 0 aromatic carbocycles. The van der Waals surface area contributed by atoms with Crippen molar-refractivity contribution in [3.05, 3.63) is 0 Å². The average molecular weight is 217 g/mol. The molecule has 3 nitrogen and oxygen atoms in total. The number of rotatable bonds is 3. The fourth-order valence-electron chi connectivity index (χ4n) is 1.81. The first kappa shape index (κ1) is 11.9. The van der Waals surface area contributed by atoms with E-state index in [1.54, 1.807) is 0 Å². The molecule has 14 heavy (non-hydrogen) atoms. The molecule has 0 saturated heterocycles. The van der Waals surface area contributed by atoms with Crippen molar-refractivity contribution in [2.45, 2.75) is 44.8 Å². The van der Waals surface area contributed by atoms with Crippen LogP contribution < -0.4 is 5.73 Å². The molecule has 0 aliphatic heterocycles. The van der Waals surface area contributed by atoms with E-state index >= 15 is 0 Å². The Hall–Kier alpha value is -0.220. The van der Waals surface area contributed by atoms with Crippen LogP contribution in [-0.4, -0.2) is 23.9 Å². The molecule has 0 amide bonds. The van der Waals surface area contributed by atoms with E-state index in [2.05, 4.69) is 19.6 Å². The van der Waals surface area contributed by atoms with Crippen molar-refractivity contribution in [1.29, 1.82) is 0 Å². The van der Waals surface area contributed by atoms with Gasteiger partial charge in [-0.2, -0.15) is 12.6 Å². The van der Waals surface area contributed by atoms with Crippen LogP contribution in [0.15, 0.2) is 0 Å².